The van der Waals surface area contributed by atoms with Gasteiger partial charge in [-0.05, 0) is 74.3 Å². The van der Waals surface area contributed by atoms with Gasteiger partial charge in [0.25, 0.3) is 5.91 Å². The van der Waals surface area contributed by atoms with Crippen LogP contribution in [0.5, 0.6) is 5.75 Å². The second-order valence-electron chi connectivity index (χ2n) is 7.73. The average molecular weight is 427 g/mol. The van der Waals surface area contributed by atoms with Crippen LogP contribution in [0.1, 0.15) is 41.6 Å². The normalized spacial score (nSPS) is 16.2. The smallest absolute Gasteiger partial charge is 0.254 e. The first-order chi connectivity index (χ1) is 14.5. The number of aryl methyl sites for hydroxylation is 1. The maximum Gasteiger partial charge on any atom is 0.254 e. The van der Waals surface area contributed by atoms with Gasteiger partial charge in [0.15, 0.2) is 0 Å². The van der Waals surface area contributed by atoms with Crippen molar-refractivity contribution >= 4 is 29.3 Å². The Labute approximate surface area is 183 Å². The van der Waals surface area contributed by atoms with Gasteiger partial charge in [-0.15, -0.1) is 11.8 Å². The lowest BCUT2D eigenvalue weighted by molar-refractivity contribution is -0.116. The Morgan fingerprint density at radius 1 is 1.23 bits per heavy atom. The summed E-state index contributed by atoms with van der Waals surface area (Å²) in [6.07, 6.45) is 5.28. The maximum atomic E-state index is 13.0. The van der Waals surface area contributed by atoms with E-state index < -0.39 is 0 Å². The zero-order valence-corrected chi connectivity index (χ0v) is 18.8. The Kier molecular flexibility index (Phi) is 7.80. The van der Waals surface area contributed by atoms with E-state index in [4.69, 9.17) is 4.74 Å². The molecule has 1 aliphatic rings. The molecular weight excluding hydrogens is 396 g/mol. The number of piperidine rings is 1. The Balaban J connectivity index is 1.53. The molecule has 0 aliphatic carbocycles. The van der Waals surface area contributed by atoms with E-state index in [9.17, 15) is 9.59 Å². The molecular formula is C24H30N2O3S. The lowest BCUT2D eigenvalue weighted by Crippen LogP contribution is -2.40. The summed E-state index contributed by atoms with van der Waals surface area (Å²) in [5.41, 5.74) is 2.57. The summed E-state index contributed by atoms with van der Waals surface area (Å²) >= 11 is 1.60. The van der Waals surface area contributed by atoms with Gasteiger partial charge in [0.1, 0.15) is 5.75 Å². The van der Waals surface area contributed by atoms with Gasteiger partial charge >= 0.3 is 0 Å². The molecule has 0 unspecified atom stereocenters. The fourth-order valence-electron chi connectivity index (χ4n) is 3.93. The first kappa shape index (κ1) is 22.2. The first-order valence-electron chi connectivity index (χ1n) is 10.4. The van der Waals surface area contributed by atoms with Crippen molar-refractivity contribution in [3.63, 3.8) is 0 Å². The van der Waals surface area contributed by atoms with Gasteiger partial charge in [-0.3, -0.25) is 9.59 Å². The second kappa shape index (κ2) is 10.5. The molecule has 1 aliphatic heterocycles. The molecule has 0 bridgehead atoms. The Morgan fingerprint density at radius 3 is 2.77 bits per heavy atom. The number of nitrogens with one attached hydrogen (secondary N) is 1. The number of thioether (sulfide) groups is 1. The molecule has 5 nitrogen and oxygen atoms in total. The van der Waals surface area contributed by atoms with Crippen LogP contribution in [0.2, 0.25) is 0 Å². The molecule has 3 rings (SSSR count). The lowest BCUT2D eigenvalue weighted by atomic mass is 9.92. The monoisotopic (exact) mass is 426 g/mol. The van der Waals surface area contributed by atoms with Crippen molar-refractivity contribution in [2.45, 2.75) is 37.5 Å². The number of hydrogen-bond donors (Lipinski definition) is 1. The second-order valence-corrected chi connectivity index (χ2v) is 8.58. The molecule has 2 aromatic rings. The highest BCUT2D eigenvalue weighted by molar-refractivity contribution is 7.98. The summed E-state index contributed by atoms with van der Waals surface area (Å²) in [7, 11) is 1.63. The number of anilines is 1. The zero-order chi connectivity index (χ0) is 21.5. The first-order valence-corrected chi connectivity index (χ1v) is 11.6. The highest BCUT2D eigenvalue weighted by atomic mass is 32.2. The summed E-state index contributed by atoms with van der Waals surface area (Å²) < 4.78 is 5.21. The Morgan fingerprint density at radius 2 is 2.03 bits per heavy atom. The third kappa shape index (κ3) is 5.57. The van der Waals surface area contributed by atoms with E-state index in [1.54, 1.807) is 18.9 Å². The van der Waals surface area contributed by atoms with Crippen molar-refractivity contribution in [3.8, 4) is 5.75 Å². The van der Waals surface area contributed by atoms with Crippen LogP contribution in [0.25, 0.3) is 0 Å². The summed E-state index contributed by atoms with van der Waals surface area (Å²) in [6.45, 7) is 3.46. The third-order valence-corrected chi connectivity index (χ3v) is 6.43. The van der Waals surface area contributed by atoms with Gasteiger partial charge in [0, 0.05) is 30.1 Å². The molecule has 30 heavy (non-hydrogen) atoms. The molecule has 1 heterocycles. The van der Waals surface area contributed by atoms with Crippen molar-refractivity contribution < 1.29 is 14.3 Å². The van der Waals surface area contributed by atoms with Crippen molar-refractivity contribution in [1.29, 1.82) is 0 Å². The average Bonchev–Trinajstić information content (AvgIpc) is 2.78. The molecule has 6 heteroatoms. The van der Waals surface area contributed by atoms with E-state index in [1.807, 2.05) is 60.5 Å². The minimum absolute atomic E-state index is 0.0134. The number of rotatable bonds is 7. The van der Waals surface area contributed by atoms with Gasteiger partial charge < -0.3 is 15.0 Å². The molecule has 1 N–H and O–H groups in total. The van der Waals surface area contributed by atoms with Gasteiger partial charge in [-0.1, -0.05) is 12.1 Å². The van der Waals surface area contributed by atoms with Crippen molar-refractivity contribution in [2.24, 2.45) is 5.92 Å². The largest absolute Gasteiger partial charge is 0.497 e. The quantitative estimate of drug-likeness (QED) is 0.633. The van der Waals surface area contributed by atoms with E-state index >= 15 is 0 Å². The number of nitrogens with zero attached hydrogens (tertiary/aromatic N) is 1. The summed E-state index contributed by atoms with van der Waals surface area (Å²) in [5, 5.41) is 3.00. The molecule has 0 radical (unpaired) electrons. The Hall–Kier alpha value is -2.47. The van der Waals surface area contributed by atoms with Crippen molar-refractivity contribution in [3.05, 3.63) is 53.6 Å². The molecule has 160 valence electrons. The molecule has 0 aromatic heterocycles. The number of carbonyl (C=O) groups excluding carboxylic acids is 2. The third-order valence-electron chi connectivity index (χ3n) is 5.63. The standard InChI is InChI=1S/C24H30N2O3S/c1-17-15-19(29-2)11-12-21(17)25-23(27)13-10-18-7-6-14-26(16-18)24(28)20-8-4-5-9-22(20)30-3/h4-5,8-9,11-12,15,18H,6-7,10,13-14,16H2,1-3H3,(H,25,27)/t18-/m0/s1. The fraction of sp³-hybridized carbons (Fsp3) is 0.417. The van der Waals surface area contributed by atoms with Crippen molar-refractivity contribution in [2.75, 3.05) is 31.8 Å². The number of methoxy groups -OCH3 is 1. The van der Waals surface area contributed by atoms with Crippen molar-refractivity contribution in [1.82, 2.24) is 4.90 Å². The number of amides is 2. The molecule has 1 fully saturated rings. The highest BCUT2D eigenvalue weighted by Crippen LogP contribution is 2.27. The number of benzene rings is 2. The topological polar surface area (TPSA) is 58.6 Å². The SMILES string of the molecule is COc1ccc(NC(=O)CC[C@@H]2CCCN(C(=O)c3ccccc3SC)C2)c(C)c1. The van der Waals surface area contributed by atoms with Gasteiger partial charge in [-0.25, -0.2) is 0 Å². The van der Waals surface area contributed by atoms with Crippen LogP contribution in [0, 0.1) is 12.8 Å². The van der Waals surface area contributed by atoms with E-state index in [0.717, 1.165) is 59.8 Å². The van der Waals surface area contributed by atoms with E-state index in [-0.39, 0.29) is 11.8 Å². The summed E-state index contributed by atoms with van der Waals surface area (Å²) in [6, 6.07) is 13.4. The minimum atomic E-state index is 0.0134. The van der Waals surface area contributed by atoms with E-state index in [2.05, 4.69) is 5.32 Å². The number of carbonyl (C=O) groups is 2. The fourth-order valence-corrected chi connectivity index (χ4v) is 4.52. The molecule has 2 aromatic carbocycles. The maximum absolute atomic E-state index is 13.0. The number of ether oxygens (including phenoxy) is 1. The van der Waals surface area contributed by atoms with Crippen LogP contribution in [-0.4, -0.2) is 43.2 Å². The van der Waals surface area contributed by atoms with E-state index in [1.165, 1.54) is 0 Å². The van der Waals surface area contributed by atoms with Crippen LogP contribution in [0.3, 0.4) is 0 Å². The predicted molar refractivity (Wildman–Crippen MR) is 122 cm³/mol. The van der Waals surface area contributed by atoms with Crippen LogP contribution < -0.4 is 10.1 Å². The molecule has 0 saturated carbocycles. The van der Waals surface area contributed by atoms with Gasteiger partial charge in [-0.2, -0.15) is 0 Å². The molecule has 2 amide bonds. The summed E-state index contributed by atoms with van der Waals surface area (Å²) in [5.74, 6) is 1.25. The highest BCUT2D eigenvalue weighted by Gasteiger charge is 2.26. The lowest BCUT2D eigenvalue weighted by Gasteiger charge is -2.33. The number of likely N-dealkylation sites (tertiary alicyclic amines) is 1. The minimum Gasteiger partial charge on any atom is -0.497 e. The predicted octanol–water partition coefficient (Wildman–Crippen LogP) is 5.00. The van der Waals surface area contributed by atoms with Crippen LogP contribution in [0.15, 0.2) is 47.4 Å². The molecule has 0 spiro atoms. The molecule has 1 atom stereocenters. The van der Waals surface area contributed by atoms with E-state index in [0.29, 0.717) is 12.3 Å². The Bertz CT molecular complexity index is 900. The van der Waals surface area contributed by atoms with Gasteiger partial charge in [0.2, 0.25) is 5.91 Å². The van der Waals surface area contributed by atoms with Crippen LogP contribution in [0.4, 0.5) is 5.69 Å². The van der Waals surface area contributed by atoms with Gasteiger partial charge in [0.05, 0.1) is 12.7 Å². The van der Waals surface area contributed by atoms with Crippen LogP contribution >= 0.6 is 11.8 Å². The summed E-state index contributed by atoms with van der Waals surface area (Å²) in [4.78, 5) is 28.4. The zero-order valence-electron chi connectivity index (χ0n) is 17.9. The molecule has 1 saturated heterocycles. The number of hydrogen-bond acceptors (Lipinski definition) is 4. The van der Waals surface area contributed by atoms with Crippen LogP contribution in [-0.2, 0) is 4.79 Å².